The lowest BCUT2D eigenvalue weighted by atomic mass is 9.93. The number of amides is 2. The third kappa shape index (κ3) is 3.71. The van der Waals surface area contributed by atoms with Gasteiger partial charge in [0, 0.05) is 6.04 Å². The first-order valence-electron chi connectivity index (χ1n) is 6.64. The SMILES string of the molecule is O=C(Nc1ccccc1C(=O)O)NC1CCC(O)CC1. The third-order valence-electron chi connectivity index (χ3n) is 3.44. The number of carbonyl (C=O) groups is 2. The van der Waals surface area contributed by atoms with Gasteiger partial charge in [0.15, 0.2) is 0 Å². The number of carboxylic acids is 1. The molecular weight excluding hydrogens is 260 g/mol. The fourth-order valence-corrected chi connectivity index (χ4v) is 2.34. The normalized spacial score (nSPS) is 22.1. The van der Waals surface area contributed by atoms with Crippen molar-refractivity contribution in [1.82, 2.24) is 5.32 Å². The lowest BCUT2D eigenvalue weighted by Gasteiger charge is -2.26. The van der Waals surface area contributed by atoms with Crippen molar-refractivity contribution in [1.29, 1.82) is 0 Å². The van der Waals surface area contributed by atoms with Crippen molar-refractivity contribution in [2.45, 2.75) is 37.8 Å². The van der Waals surface area contributed by atoms with Crippen LogP contribution in [0.5, 0.6) is 0 Å². The standard InChI is InChI=1S/C14H18N2O4/c17-10-7-5-9(6-8-10)15-14(20)16-12-4-2-1-3-11(12)13(18)19/h1-4,9-10,17H,5-8H2,(H,18,19)(H2,15,16,20). The van der Waals surface area contributed by atoms with Crippen LogP contribution in [0.25, 0.3) is 0 Å². The molecule has 6 heteroatoms. The molecule has 2 rings (SSSR count). The van der Waals surface area contributed by atoms with E-state index in [4.69, 9.17) is 5.11 Å². The summed E-state index contributed by atoms with van der Waals surface area (Å²) in [6.45, 7) is 0. The van der Waals surface area contributed by atoms with Gasteiger partial charge in [-0.1, -0.05) is 12.1 Å². The summed E-state index contributed by atoms with van der Waals surface area (Å²) in [6.07, 6.45) is 2.54. The average molecular weight is 278 g/mol. The van der Waals surface area contributed by atoms with Crippen molar-refractivity contribution in [3.8, 4) is 0 Å². The molecule has 0 heterocycles. The zero-order valence-electron chi connectivity index (χ0n) is 11.0. The Morgan fingerprint density at radius 3 is 2.40 bits per heavy atom. The van der Waals surface area contributed by atoms with Gasteiger partial charge in [0.2, 0.25) is 0 Å². The van der Waals surface area contributed by atoms with Gasteiger partial charge in [-0.25, -0.2) is 9.59 Å². The Balaban J connectivity index is 1.93. The first-order chi connectivity index (χ1) is 9.56. The summed E-state index contributed by atoms with van der Waals surface area (Å²) in [7, 11) is 0. The maximum absolute atomic E-state index is 11.9. The molecule has 0 spiro atoms. The Hall–Kier alpha value is -2.08. The van der Waals surface area contributed by atoms with Gasteiger partial charge in [-0.05, 0) is 37.8 Å². The first kappa shape index (κ1) is 14.3. The second-order valence-electron chi connectivity index (χ2n) is 4.95. The molecule has 0 bridgehead atoms. The topological polar surface area (TPSA) is 98.7 Å². The van der Waals surface area contributed by atoms with Crippen molar-refractivity contribution in [3.63, 3.8) is 0 Å². The largest absolute Gasteiger partial charge is 0.478 e. The minimum Gasteiger partial charge on any atom is -0.478 e. The number of aliphatic hydroxyl groups excluding tert-OH is 1. The fourth-order valence-electron chi connectivity index (χ4n) is 2.34. The Labute approximate surface area is 116 Å². The number of aliphatic hydroxyl groups is 1. The van der Waals surface area contributed by atoms with Crippen molar-refractivity contribution in [3.05, 3.63) is 29.8 Å². The van der Waals surface area contributed by atoms with Crippen LogP contribution in [-0.2, 0) is 0 Å². The summed E-state index contributed by atoms with van der Waals surface area (Å²) < 4.78 is 0. The Kier molecular flexibility index (Phi) is 4.57. The third-order valence-corrected chi connectivity index (χ3v) is 3.44. The van der Waals surface area contributed by atoms with Gasteiger partial charge in [0.1, 0.15) is 0 Å². The van der Waals surface area contributed by atoms with E-state index in [2.05, 4.69) is 10.6 Å². The number of carbonyl (C=O) groups excluding carboxylic acids is 1. The van der Waals surface area contributed by atoms with E-state index in [1.165, 1.54) is 6.07 Å². The molecule has 108 valence electrons. The Morgan fingerprint density at radius 2 is 1.75 bits per heavy atom. The minimum atomic E-state index is -1.08. The van der Waals surface area contributed by atoms with Crippen LogP contribution in [0.1, 0.15) is 36.0 Å². The van der Waals surface area contributed by atoms with Crippen LogP contribution in [0.2, 0.25) is 0 Å². The highest BCUT2D eigenvalue weighted by Crippen LogP contribution is 2.19. The monoisotopic (exact) mass is 278 g/mol. The molecule has 1 aliphatic rings. The highest BCUT2D eigenvalue weighted by atomic mass is 16.4. The maximum atomic E-state index is 11.9. The Bertz CT molecular complexity index is 496. The number of benzene rings is 1. The van der Waals surface area contributed by atoms with Crippen molar-refractivity contribution in [2.75, 3.05) is 5.32 Å². The lowest BCUT2D eigenvalue weighted by Crippen LogP contribution is -2.41. The second kappa shape index (κ2) is 6.38. The van der Waals surface area contributed by atoms with E-state index < -0.39 is 12.0 Å². The highest BCUT2D eigenvalue weighted by molar-refractivity contribution is 5.99. The van der Waals surface area contributed by atoms with E-state index in [9.17, 15) is 14.7 Å². The van der Waals surface area contributed by atoms with Crippen LogP contribution >= 0.6 is 0 Å². The maximum Gasteiger partial charge on any atom is 0.337 e. The zero-order valence-corrected chi connectivity index (χ0v) is 11.0. The number of anilines is 1. The van der Waals surface area contributed by atoms with Gasteiger partial charge in [-0.15, -0.1) is 0 Å². The summed E-state index contributed by atoms with van der Waals surface area (Å²) in [5, 5.41) is 23.8. The predicted octanol–water partition coefficient (Wildman–Crippen LogP) is 1.81. The molecule has 0 saturated heterocycles. The number of urea groups is 1. The molecule has 2 amide bonds. The summed E-state index contributed by atoms with van der Waals surface area (Å²) in [4.78, 5) is 22.9. The molecule has 1 aromatic carbocycles. The Morgan fingerprint density at radius 1 is 1.10 bits per heavy atom. The quantitative estimate of drug-likeness (QED) is 0.677. The lowest BCUT2D eigenvalue weighted by molar-refractivity contribution is 0.0698. The van der Waals surface area contributed by atoms with Crippen LogP contribution in [0.3, 0.4) is 0 Å². The summed E-state index contributed by atoms with van der Waals surface area (Å²) in [5.41, 5.74) is 0.329. The molecule has 4 N–H and O–H groups in total. The number of hydrogen-bond acceptors (Lipinski definition) is 3. The van der Waals surface area contributed by atoms with E-state index in [1.807, 2.05) is 0 Å². The van der Waals surface area contributed by atoms with Crippen molar-refractivity contribution >= 4 is 17.7 Å². The number of aromatic carboxylic acids is 1. The number of carboxylic acid groups (broad SMARTS) is 1. The molecule has 20 heavy (non-hydrogen) atoms. The number of hydrogen-bond donors (Lipinski definition) is 4. The van der Waals surface area contributed by atoms with E-state index in [0.717, 1.165) is 12.8 Å². The van der Waals surface area contributed by atoms with E-state index >= 15 is 0 Å². The molecule has 1 aromatic rings. The molecule has 0 atom stereocenters. The molecular formula is C14H18N2O4. The van der Waals surface area contributed by atoms with E-state index in [0.29, 0.717) is 12.8 Å². The van der Waals surface area contributed by atoms with Crippen LogP contribution in [-0.4, -0.2) is 34.4 Å². The molecule has 0 unspecified atom stereocenters. The summed E-state index contributed by atoms with van der Waals surface area (Å²) in [5.74, 6) is -1.08. The van der Waals surface area contributed by atoms with Crippen molar-refractivity contribution in [2.24, 2.45) is 0 Å². The minimum absolute atomic E-state index is 0.0235. The highest BCUT2D eigenvalue weighted by Gasteiger charge is 2.21. The van der Waals surface area contributed by atoms with Gasteiger partial charge >= 0.3 is 12.0 Å². The molecule has 1 fully saturated rings. The van der Waals surface area contributed by atoms with Crippen LogP contribution in [0.4, 0.5) is 10.5 Å². The van der Waals surface area contributed by atoms with Gasteiger partial charge in [0.05, 0.1) is 17.4 Å². The summed E-state index contributed by atoms with van der Waals surface area (Å²) >= 11 is 0. The van der Waals surface area contributed by atoms with Crippen LogP contribution in [0, 0.1) is 0 Å². The molecule has 0 radical (unpaired) electrons. The number of rotatable bonds is 3. The van der Waals surface area contributed by atoms with E-state index in [1.54, 1.807) is 18.2 Å². The first-order valence-corrected chi connectivity index (χ1v) is 6.64. The van der Waals surface area contributed by atoms with Crippen LogP contribution in [0.15, 0.2) is 24.3 Å². The molecule has 1 aliphatic carbocycles. The summed E-state index contributed by atoms with van der Waals surface area (Å²) in [6, 6.07) is 5.87. The second-order valence-corrected chi connectivity index (χ2v) is 4.95. The predicted molar refractivity (Wildman–Crippen MR) is 73.8 cm³/mol. The van der Waals surface area contributed by atoms with E-state index in [-0.39, 0.29) is 23.4 Å². The molecule has 1 saturated carbocycles. The number of nitrogens with one attached hydrogen (secondary N) is 2. The average Bonchev–Trinajstić information content (AvgIpc) is 2.41. The van der Waals surface area contributed by atoms with Gasteiger partial charge < -0.3 is 20.8 Å². The smallest absolute Gasteiger partial charge is 0.337 e. The van der Waals surface area contributed by atoms with Crippen molar-refractivity contribution < 1.29 is 19.8 Å². The van der Waals surface area contributed by atoms with Gasteiger partial charge in [-0.2, -0.15) is 0 Å². The van der Waals surface area contributed by atoms with Gasteiger partial charge in [0.25, 0.3) is 0 Å². The van der Waals surface area contributed by atoms with Crippen LogP contribution < -0.4 is 10.6 Å². The number of para-hydroxylation sites is 1. The molecule has 0 aromatic heterocycles. The fraction of sp³-hybridized carbons (Fsp3) is 0.429. The zero-order chi connectivity index (χ0) is 14.5. The molecule has 6 nitrogen and oxygen atoms in total. The molecule has 0 aliphatic heterocycles. The van der Waals surface area contributed by atoms with Gasteiger partial charge in [-0.3, -0.25) is 0 Å².